The first-order valence-electron chi connectivity index (χ1n) is 7.02. The monoisotopic (exact) mass is 372 g/mol. The van der Waals surface area contributed by atoms with E-state index >= 15 is 0 Å². The van der Waals surface area contributed by atoms with E-state index in [4.69, 9.17) is 21.6 Å². The van der Waals surface area contributed by atoms with Crippen molar-refractivity contribution < 1.29 is 22.7 Å². The summed E-state index contributed by atoms with van der Waals surface area (Å²) in [7, 11) is 0. The predicted molar refractivity (Wildman–Crippen MR) is 83.4 cm³/mol. The van der Waals surface area contributed by atoms with Gasteiger partial charge in [0.1, 0.15) is 24.0 Å². The molecule has 1 aromatic heterocycles. The summed E-state index contributed by atoms with van der Waals surface area (Å²) in [5.74, 6) is -0.435. The summed E-state index contributed by atoms with van der Waals surface area (Å²) in [4.78, 5) is 11.5. The molecule has 0 aliphatic carbocycles. The van der Waals surface area contributed by atoms with Crippen LogP contribution in [0.5, 0.6) is 0 Å². The number of hydrogen-bond donors (Lipinski definition) is 1. The molecule has 0 radical (unpaired) electrons. The molecule has 6 nitrogen and oxygen atoms in total. The Bertz CT molecular complexity index is 827. The molecule has 1 aromatic carbocycles. The Morgan fingerprint density at radius 1 is 1.48 bits per heavy atom. The van der Waals surface area contributed by atoms with Crippen molar-refractivity contribution in [2.75, 3.05) is 18.5 Å². The summed E-state index contributed by atoms with van der Waals surface area (Å²) < 4.78 is 44.1. The molecule has 0 unspecified atom stereocenters. The van der Waals surface area contributed by atoms with Crippen LogP contribution in [0.25, 0.3) is 5.69 Å². The van der Waals surface area contributed by atoms with Crippen molar-refractivity contribution >= 4 is 23.4 Å². The van der Waals surface area contributed by atoms with Crippen molar-refractivity contribution in [1.29, 1.82) is 5.26 Å². The lowest BCUT2D eigenvalue weighted by Gasteiger charge is -2.13. The number of anilines is 1. The van der Waals surface area contributed by atoms with Crippen LogP contribution in [0.3, 0.4) is 0 Å². The lowest BCUT2D eigenvalue weighted by Crippen LogP contribution is -2.19. The molecule has 10 heteroatoms. The van der Waals surface area contributed by atoms with Gasteiger partial charge in [-0.15, -0.1) is 0 Å². The van der Waals surface area contributed by atoms with E-state index in [9.17, 15) is 18.0 Å². The Kier molecular flexibility index (Phi) is 5.54. The van der Waals surface area contributed by atoms with Crippen molar-refractivity contribution in [3.05, 3.63) is 40.5 Å². The fourth-order valence-electron chi connectivity index (χ4n) is 2.01. The fraction of sp³-hybridized carbons (Fsp3) is 0.267. The van der Waals surface area contributed by atoms with Gasteiger partial charge in [-0.1, -0.05) is 11.6 Å². The average molecular weight is 373 g/mol. The van der Waals surface area contributed by atoms with E-state index in [1.54, 1.807) is 6.92 Å². The molecule has 0 fully saturated rings. The molecule has 2 rings (SSSR count). The van der Waals surface area contributed by atoms with Gasteiger partial charge in [-0.25, -0.2) is 4.68 Å². The highest BCUT2D eigenvalue weighted by Crippen LogP contribution is 2.34. The van der Waals surface area contributed by atoms with Crippen LogP contribution in [-0.4, -0.2) is 28.9 Å². The van der Waals surface area contributed by atoms with Gasteiger partial charge >= 0.3 is 12.1 Å². The topological polar surface area (TPSA) is 79.9 Å². The van der Waals surface area contributed by atoms with Crippen molar-refractivity contribution in [2.45, 2.75) is 13.1 Å². The van der Waals surface area contributed by atoms with E-state index < -0.39 is 17.7 Å². The van der Waals surface area contributed by atoms with Gasteiger partial charge in [0.15, 0.2) is 0 Å². The number of alkyl halides is 3. The first-order chi connectivity index (χ1) is 11.8. The van der Waals surface area contributed by atoms with Crippen LogP contribution in [0, 0.1) is 11.3 Å². The lowest BCUT2D eigenvalue weighted by molar-refractivity contribution is -0.141. The number of hydrogen-bond acceptors (Lipinski definition) is 5. The van der Waals surface area contributed by atoms with Crippen molar-refractivity contribution in [2.24, 2.45) is 0 Å². The standard InChI is InChI=1S/C15H12ClF3N4O2/c1-2-25-13(24)8-21-14-9(6-20)7-22-23(14)12-4-3-10(5-11(12)16)15(17,18)19/h3-5,7,21H,2,8H2,1H3. The third-order valence-corrected chi connectivity index (χ3v) is 3.40. The normalized spacial score (nSPS) is 11.0. The number of esters is 1. The second-order valence-corrected chi connectivity index (χ2v) is 5.16. The quantitative estimate of drug-likeness (QED) is 0.814. The number of aromatic nitrogens is 2. The number of carbonyl (C=O) groups is 1. The van der Waals surface area contributed by atoms with Crippen LogP contribution < -0.4 is 5.32 Å². The fourth-order valence-corrected chi connectivity index (χ4v) is 2.27. The molecule has 0 aliphatic rings. The highest BCUT2D eigenvalue weighted by atomic mass is 35.5. The third kappa shape index (κ3) is 4.22. The second-order valence-electron chi connectivity index (χ2n) is 4.75. The Hall–Kier alpha value is -2.73. The average Bonchev–Trinajstić information content (AvgIpc) is 2.95. The minimum absolute atomic E-state index is 0.0975. The Balaban J connectivity index is 2.38. The van der Waals surface area contributed by atoms with Gasteiger partial charge in [-0.05, 0) is 25.1 Å². The molecule has 1 N–H and O–H groups in total. The van der Waals surface area contributed by atoms with E-state index in [1.807, 2.05) is 6.07 Å². The molecule has 25 heavy (non-hydrogen) atoms. The van der Waals surface area contributed by atoms with E-state index in [-0.39, 0.29) is 35.2 Å². The highest BCUT2D eigenvalue weighted by Gasteiger charge is 2.31. The van der Waals surface area contributed by atoms with Gasteiger partial charge in [-0.2, -0.15) is 23.5 Å². The molecular formula is C15H12ClF3N4O2. The molecular weight excluding hydrogens is 361 g/mol. The van der Waals surface area contributed by atoms with Crippen LogP contribution in [0.4, 0.5) is 19.0 Å². The number of nitrogens with zero attached hydrogens (tertiary/aromatic N) is 3. The first-order valence-corrected chi connectivity index (χ1v) is 7.40. The number of nitriles is 1. The van der Waals surface area contributed by atoms with Crippen molar-refractivity contribution in [3.63, 3.8) is 0 Å². The van der Waals surface area contributed by atoms with E-state index in [2.05, 4.69) is 10.4 Å². The number of halogens is 4. The number of rotatable bonds is 5. The Morgan fingerprint density at radius 2 is 2.20 bits per heavy atom. The SMILES string of the molecule is CCOC(=O)CNc1c(C#N)cnn1-c1ccc(C(F)(F)F)cc1Cl. The van der Waals surface area contributed by atoms with E-state index in [0.29, 0.717) is 0 Å². The number of benzene rings is 1. The zero-order chi connectivity index (χ0) is 18.6. The maximum Gasteiger partial charge on any atom is 0.416 e. The molecule has 2 aromatic rings. The van der Waals surface area contributed by atoms with Crippen molar-refractivity contribution in [3.8, 4) is 11.8 Å². The van der Waals surface area contributed by atoms with E-state index in [0.717, 1.165) is 22.9 Å². The lowest BCUT2D eigenvalue weighted by atomic mass is 10.2. The maximum absolute atomic E-state index is 12.7. The molecule has 1 heterocycles. The summed E-state index contributed by atoms with van der Waals surface area (Å²) in [6.07, 6.45) is -3.32. The summed E-state index contributed by atoms with van der Waals surface area (Å²) >= 11 is 5.94. The molecule has 0 aliphatic heterocycles. The van der Waals surface area contributed by atoms with Crippen LogP contribution in [-0.2, 0) is 15.7 Å². The largest absolute Gasteiger partial charge is 0.465 e. The minimum Gasteiger partial charge on any atom is -0.465 e. The Morgan fingerprint density at radius 3 is 2.76 bits per heavy atom. The van der Waals surface area contributed by atoms with Gasteiger partial charge in [0.2, 0.25) is 0 Å². The van der Waals surface area contributed by atoms with Gasteiger partial charge < -0.3 is 10.1 Å². The van der Waals surface area contributed by atoms with E-state index in [1.165, 1.54) is 6.20 Å². The van der Waals surface area contributed by atoms with Gasteiger partial charge in [0, 0.05) is 0 Å². The van der Waals surface area contributed by atoms with Crippen molar-refractivity contribution in [1.82, 2.24) is 9.78 Å². The molecule has 0 amide bonds. The third-order valence-electron chi connectivity index (χ3n) is 3.10. The smallest absolute Gasteiger partial charge is 0.416 e. The molecule has 132 valence electrons. The number of carbonyl (C=O) groups excluding carboxylic acids is 1. The van der Waals surface area contributed by atoms with Gasteiger partial charge in [0.25, 0.3) is 0 Å². The highest BCUT2D eigenvalue weighted by molar-refractivity contribution is 6.32. The minimum atomic E-state index is -4.53. The zero-order valence-electron chi connectivity index (χ0n) is 12.9. The number of ether oxygens (including phenoxy) is 1. The van der Waals surface area contributed by atoms with Crippen LogP contribution in [0.2, 0.25) is 5.02 Å². The summed E-state index contributed by atoms with van der Waals surface area (Å²) in [6.45, 7) is 1.59. The van der Waals surface area contributed by atoms with Gasteiger partial charge in [0.05, 0.1) is 29.1 Å². The maximum atomic E-state index is 12.7. The second kappa shape index (κ2) is 7.44. The molecule has 0 bridgehead atoms. The molecule has 0 atom stereocenters. The first kappa shape index (κ1) is 18.6. The zero-order valence-corrected chi connectivity index (χ0v) is 13.6. The Labute approximate surface area is 145 Å². The molecule has 0 saturated heterocycles. The predicted octanol–water partition coefficient (Wildman–Crippen LogP) is 3.39. The van der Waals surface area contributed by atoms with Crippen LogP contribution in [0.1, 0.15) is 18.1 Å². The summed E-state index contributed by atoms with van der Waals surface area (Å²) in [5, 5.41) is 15.6. The van der Waals surface area contributed by atoms with Crippen LogP contribution >= 0.6 is 11.6 Å². The molecule has 0 spiro atoms. The van der Waals surface area contributed by atoms with Gasteiger partial charge in [-0.3, -0.25) is 4.79 Å². The summed E-state index contributed by atoms with van der Waals surface area (Å²) in [5.41, 5.74) is -0.683. The summed E-state index contributed by atoms with van der Waals surface area (Å²) in [6, 6.07) is 4.62. The number of nitrogens with one attached hydrogen (secondary N) is 1. The molecule has 0 saturated carbocycles. The van der Waals surface area contributed by atoms with Crippen LogP contribution in [0.15, 0.2) is 24.4 Å².